The smallest absolute Gasteiger partial charge is 0.130 e. The minimum atomic E-state index is 0.669. The fraction of sp³-hybridized carbons (Fsp3) is 0.235. The molecule has 1 aromatic heterocycles. The molecule has 0 aliphatic rings. The molecule has 2 aromatic carbocycles. The van der Waals surface area contributed by atoms with E-state index in [-0.39, 0.29) is 0 Å². The summed E-state index contributed by atoms with van der Waals surface area (Å²) in [4.78, 5) is 2.10. The van der Waals surface area contributed by atoms with Crippen molar-refractivity contribution in [2.75, 3.05) is 27.2 Å². The van der Waals surface area contributed by atoms with E-state index >= 15 is 0 Å². The highest BCUT2D eigenvalue weighted by molar-refractivity contribution is 5.86. The van der Waals surface area contributed by atoms with Gasteiger partial charge in [-0.25, -0.2) is 4.68 Å². The summed E-state index contributed by atoms with van der Waals surface area (Å²) >= 11 is 0. The zero-order chi connectivity index (χ0) is 14.7. The summed E-state index contributed by atoms with van der Waals surface area (Å²) in [5.74, 6) is 0.886. The normalized spacial score (nSPS) is 11.2. The maximum absolute atomic E-state index is 5.88. The molecule has 0 amide bonds. The predicted octanol–water partition coefficient (Wildman–Crippen LogP) is 2.97. The van der Waals surface area contributed by atoms with Crippen LogP contribution in [0, 0.1) is 0 Å². The molecule has 3 rings (SSSR count). The van der Waals surface area contributed by atoms with Crippen molar-refractivity contribution in [1.82, 2.24) is 14.7 Å². The Hall–Kier alpha value is -2.33. The summed E-state index contributed by atoms with van der Waals surface area (Å²) in [6, 6.07) is 16.2. The van der Waals surface area contributed by atoms with Gasteiger partial charge in [0.15, 0.2) is 0 Å². The number of hydrogen-bond donors (Lipinski definition) is 0. The molecule has 0 spiro atoms. The second-order valence-corrected chi connectivity index (χ2v) is 5.23. The second-order valence-electron chi connectivity index (χ2n) is 5.23. The van der Waals surface area contributed by atoms with Crippen molar-refractivity contribution in [1.29, 1.82) is 0 Å². The van der Waals surface area contributed by atoms with Crippen LogP contribution >= 0.6 is 0 Å². The third kappa shape index (κ3) is 2.90. The van der Waals surface area contributed by atoms with Gasteiger partial charge in [0.05, 0.1) is 22.8 Å². The predicted molar refractivity (Wildman–Crippen MR) is 85.1 cm³/mol. The van der Waals surface area contributed by atoms with Crippen LogP contribution in [-0.2, 0) is 0 Å². The molecule has 4 heteroatoms. The van der Waals surface area contributed by atoms with Crippen LogP contribution in [0.1, 0.15) is 0 Å². The molecule has 0 saturated heterocycles. The van der Waals surface area contributed by atoms with Crippen molar-refractivity contribution in [3.8, 4) is 11.4 Å². The van der Waals surface area contributed by atoms with Gasteiger partial charge in [-0.3, -0.25) is 0 Å². The zero-order valence-corrected chi connectivity index (χ0v) is 12.4. The largest absolute Gasteiger partial charge is 0.491 e. The quantitative estimate of drug-likeness (QED) is 0.720. The summed E-state index contributed by atoms with van der Waals surface area (Å²) in [7, 11) is 4.08. The molecule has 4 nitrogen and oxygen atoms in total. The maximum Gasteiger partial charge on any atom is 0.130 e. The van der Waals surface area contributed by atoms with Gasteiger partial charge in [-0.2, -0.15) is 5.10 Å². The molecule has 0 aliphatic heterocycles. The number of hydrogen-bond acceptors (Lipinski definition) is 3. The number of aromatic nitrogens is 2. The molecule has 0 saturated carbocycles. The van der Waals surface area contributed by atoms with Crippen molar-refractivity contribution < 1.29 is 4.74 Å². The summed E-state index contributed by atoms with van der Waals surface area (Å²) in [5.41, 5.74) is 2.11. The molecule has 0 bridgehead atoms. The van der Waals surface area contributed by atoms with Gasteiger partial charge >= 0.3 is 0 Å². The number of benzene rings is 2. The van der Waals surface area contributed by atoms with Crippen LogP contribution in [-0.4, -0.2) is 41.9 Å². The van der Waals surface area contributed by atoms with E-state index < -0.39 is 0 Å². The minimum Gasteiger partial charge on any atom is -0.491 e. The molecule has 0 atom stereocenters. The lowest BCUT2D eigenvalue weighted by molar-refractivity contribution is 0.263. The van der Waals surface area contributed by atoms with E-state index in [1.807, 2.05) is 67.4 Å². The van der Waals surface area contributed by atoms with E-state index in [0.717, 1.165) is 28.9 Å². The van der Waals surface area contributed by atoms with Gasteiger partial charge in [0.1, 0.15) is 12.4 Å². The molecule has 0 fully saturated rings. The monoisotopic (exact) mass is 281 g/mol. The Morgan fingerprint density at radius 2 is 1.86 bits per heavy atom. The number of nitrogens with zero attached hydrogens (tertiary/aromatic N) is 3. The first kappa shape index (κ1) is 13.6. The summed E-state index contributed by atoms with van der Waals surface area (Å²) in [6.45, 7) is 1.56. The number of para-hydroxylation sites is 1. The van der Waals surface area contributed by atoms with Gasteiger partial charge in [-0.15, -0.1) is 0 Å². The van der Waals surface area contributed by atoms with Crippen molar-refractivity contribution in [3.63, 3.8) is 0 Å². The van der Waals surface area contributed by atoms with Crippen LogP contribution in [0.4, 0.5) is 0 Å². The highest BCUT2D eigenvalue weighted by Gasteiger charge is 2.09. The molecule has 21 heavy (non-hydrogen) atoms. The molecule has 3 aromatic rings. The maximum atomic E-state index is 5.88. The van der Waals surface area contributed by atoms with E-state index in [2.05, 4.69) is 16.1 Å². The summed E-state index contributed by atoms with van der Waals surface area (Å²) in [6.07, 6.45) is 1.87. The van der Waals surface area contributed by atoms with Crippen molar-refractivity contribution in [2.45, 2.75) is 0 Å². The van der Waals surface area contributed by atoms with Gasteiger partial charge in [-0.05, 0) is 38.4 Å². The molecular formula is C17H19N3O. The molecule has 0 unspecified atom stereocenters. The van der Waals surface area contributed by atoms with Crippen LogP contribution < -0.4 is 4.74 Å². The van der Waals surface area contributed by atoms with Crippen LogP contribution in [0.25, 0.3) is 16.6 Å². The van der Waals surface area contributed by atoms with Crippen molar-refractivity contribution >= 4 is 10.9 Å². The summed E-state index contributed by atoms with van der Waals surface area (Å²) < 4.78 is 7.82. The van der Waals surface area contributed by atoms with Crippen LogP contribution in [0.5, 0.6) is 5.75 Å². The fourth-order valence-electron chi connectivity index (χ4n) is 2.26. The molecule has 1 heterocycles. The van der Waals surface area contributed by atoms with Crippen LogP contribution in [0.15, 0.2) is 54.7 Å². The molecule has 108 valence electrons. The van der Waals surface area contributed by atoms with Crippen molar-refractivity contribution in [3.05, 3.63) is 54.7 Å². The Morgan fingerprint density at radius 1 is 1.05 bits per heavy atom. The van der Waals surface area contributed by atoms with E-state index in [1.165, 1.54) is 0 Å². The van der Waals surface area contributed by atoms with E-state index in [1.54, 1.807) is 0 Å². The van der Waals surface area contributed by atoms with Gasteiger partial charge in [0.25, 0.3) is 0 Å². The third-order valence-electron chi connectivity index (χ3n) is 3.37. The third-order valence-corrected chi connectivity index (χ3v) is 3.37. The minimum absolute atomic E-state index is 0.669. The average Bonchev–Trinajstić information content (AvgIpc) is 2.92. The van der Waals surface area contributed by atoms with Crippen molar-refractivity contribution in [2.24, 2.45) is 0 Å². The number of rotatable bonds is 5. The molecule has 0 aliphatic carbocycles. The fourth-order valence-corrected chi connectivity index (χ4v) is 2.26. The lowest BCUT2D eigenvalue weighted by atomic mass is 10.2. The first-order chi connectivity index (χ1) is 10.3. The zero-order valence-electron chi connectivity index (χ0n) is 12.4. The van der Waals surface area contributed by atoms with Gasteiger partial charge in [0, 0.05) is 6.54 Å². The number of likely N-dealkylation sites (N-methyl/N-ethyl adjacent to an activating group) is 1. The van der Waals surface area contributed by atoms with Crippen LogP contribution in [0.3, 0.4) is 0 Å². The van der Waals surface area contributed by atoms with Gasteiger partial charge < -0.3 is 9.64 Å². The summed E-state index contributed by atoms with van der Waals surface area (Å²) in [5, 5.41) is 5.54. The Balaban J connectivity index is 1.93. The Morgan fingerprint density at radius 3 is 2.62 bits per heavy atom. The lowest BCUT2D eigenvalue weighted by Gasteiger charge is -2.11. The van der Waals surface area contributed by atoms with E-state index in [0.29, 0.717) is 6.61 Å². The van der Waals surface area contributed by atoms with Gasteiger partial charge in [-0.1, -0.05) is 24.3 Å². The SMILES string of the molecule is CN(C)CCOc1cccc2c1cnn2-c1ccccc1. The van der Waals surface area contributed by atoms with Crippen LogP contribution in [0.2, 0.25) is 0 Å². The first-order valence-corrected chi connectivity index (χ1v) is 7.05. The van der Waals surface area contributed by atoms with Gasteiger partial charge in [0.2, 0.25) is 0 Å². The molecule has 0 N–H and O–H groups in total. The topological polar surface area (TPSA) is 30.3 Å². The number of fused-ring (bicyclic) bond motifs is 1. The highest BCUT2D eigenvalue weighted by atomic mass is 16.5. The second kappa shape index (κ2) is 5.97. The Kier molecular flexibility index (Phi) is 3.88. The lowest BCUT2D eigenvalue weighted by Crippen LogP contribution is -2.19. The average molecular weight is 281 g/mol. The standard InChI is InChI=1S/C17H19N3O/c1-19(2)11-12-21-17-10-6-9-16-15(17)13-18-20(16)14-7-4-3-5-8-14/h3-10,13H,11-12H2,1-2H3. The Labute approximate surface area is 124 Å². The molecular weight excluding hydrogens is 262 g/mol. The Bertz CT molecular complexity index is 719. The van der Waals surface area contributed by atoms with E-state index in [4.69, 9.17) is 4.74 Å². The highest BCUT2D eigenvalue weighted by Crippen LogP contribution is 2.27. The van der Waals surface area contributed by atoms with E-state index in [9.17, 15) is 0 Å². The number of ether oxygens (including phenoxy) is 1. The first-order valence-electron chi connectivity index (χ1n) is 7.05. The molecule has 0 radical (unpaired) electrons.